The van der Waals surface area contributed by atoms with Crippen LogP contribution in [0.1, 0.15) is 50.6 Å². The van der Waals surface area contributed by atoms with E-state index in [9.17, 15) is 18.0 Å². The number of aromatic carboxylic acids is 1. The molecule has 1 saturated carbocycles. The van der Waals surface area contributed by atoms with E-state index in [0.29, 0.717) is 0 Å². The van der Waals surface area contributed by atoms with Crippen molar-refractivity contribution >= 4 is 17.3 Å². The fraction of sp³-hybridized carbons (Fsp3) is 0.385. The van der Waals surface area contributed by atoms with Gasteiger partial charge in [-0.1, -0.05) is 30.3 Å². The molecule has 1 aliphatic carbocycles. The number of thiazole rings is 1. The minimum Gasteiger partial charge on any atom is -0.476 e. The lowest BCUT2D eigenvalue weighted by atomic mass is 10.0. The molecule has 0 spiro atoms. The van der Waals surface area contributed by atoms with E-state index in [1.54, 1.807) is 12.1 Å². The highest BCUT2D eigenvalue weighted by atomic mass is 32.1. The Morgan fingerprint density at radius 3 is 2.32 bits per heavy atom. The van der Waals surface area contributed by atoms with Crippen molar-refractivity contribution in [1.82, 2.24) is 10.3 Å². The zero-order chi connectivity index (χ0) is 24.9. The van der Waals surface area contributed by atoms with Gasteiger partial charge >= 0.3 is 12.1 Å². The number of carboxylic acids is 1. The van der Waals surface area contributed by atoms with Gasteiger partial charge in [0.15, 0.2) is 5.69 Å². The van der Waals surface area contributed by atoms with Gasteiger partial charge in [-0.25, -0.2) is 9.78 Å². The van der Waals surface area contributed by atoms with Crippen LogP contribution in [0.25, 0.3) is 10.4 Å². The first kappa shape index (κ1) is 25.9. The summed E-state index contributed by atoms with van der Waals surface area (Å²) in [4.78, 5) is 15.9. The molecule has 0 bridgehead atoms. The molecule has 1 heterocycles. The molecule has 3 aromatic rings. The van der Waals surface area contributed by atoms with Crippen molar-refractivity contribution in [3.8, 4) is 10.4 Å². The van der Waals surface area contributed by atoms with Crippen molar-refractivity contribution in [3.05, 3.63) is 75.4 Å². The SMILES string of the molecule is Cc1nc(C(=O)O)c(-c2ccc(C)c(C)c2)s1.FC(F)(F)c1ccc(CCNCC2CC2)cc1. The highest BCUT2D eigenvalue weighted by Crippen LogP contribution is 2.31. The number of hydrogen-bond donors (Lipinski definition) is 2. The summed E-state index contributed by atoms with van der Waals surface area (Å²) in [5.74, 6) is -0.134. The Balaban J connectivity index is 0.000000191. The van der Waals surface area contributed by atoms with E-state index in [2.05, 4.69) is 10.3 Å². The van der Waals surface area contributed by atoms with Gasteiger partial charge in [0.2, 0.25) is 0 Å². The van der Waals surface area contributed by atoms with Gasteiger partial charge in [-0.05, 0) is 93.4 Å². The van der Waals surface area contributed by atoms with E-state index < -0.39 is 17.7 Å². The molecule has 2 aromatic carbocycles. The quantitative estimate of drug-likeness (QED) is 0.363. The lowest BCUT2D eigenvalue weighted by Gasteiger charge is -2.08. The molecule has 0 radical (unpaired) electrons. The molecule has 0 saturated heterocycles. The fourth-order valence-corrected chi connectivity index (χ4v) is 4.28. The lowest BCUT2D eigenvalue weighted by Crippen LogP contribution is -2.19. The minimum atomic E-state index is -4.23. The summed E-state index contributed by atoms with van der Waals surface area (Å²) in [6, 6.07) is 11.4. The number of aryl methyl sites for hydroxylation is 3. The molecule has 0 unspecified atom stereocenters. The summed E-state index contributed by atoms with van der Waals surface area (Å²) < 4.78 is 36.9. The van der Waals surface area contributed by atoms with Crippen LogP contribution in [0, 0.1) is 26.7 Å². The van der Waals surface area contributed by atoms with Crippen LogP contribution in [0.15, 0.2) is 42.5 Å². The first-order valence-electron chi connectivity index (χ1n) is 11.2. The van der Waals surface area contributed by atoms with Crippen LogP contribution >= 0.6 is 11.3 Å². The first-order valence-corrected chi connectivity index (χ1v) is 12.0. The molecule has 0 atom stereocenters. The number of rotatable bonds is 7. The second-order valence-corrected chi connectivity index (χ2v) is 9.81. The lowest BCUT2D eigenvalue weighted by molar-refractivity contribution is -0.137. The summed E-state index contributed by atoms with van der Waals surface area (Å²) in [5.41, 5.74) is 3.80. The van der Waals surface area contributed by atoms with Gasteiger partial charge < -0.3 is 10.4 Å². The van der Waals surface area contributed by atoms with Gasteiger partial charge in [0.05, 0.1) is 15.4 Å². The molecule has 1 aliphatic rings. The summed E-state index contributed by atoms with van der Waals surface area (Å²) in [6.07, 6.45) is -0.825. The zero-order valence-corrected chi connectivity index (χ0v) is 20.3. The van der Waals surface area contributed by atoms with Crippen molar-refractivity contribution in [2.24, 2.45) is 5.92 Å². The first-order chi connectivity index (χ1) is 16.0. The molecular formula is C26H29F3N2O2S. The van der Waals surface area contributed by atoms with Crippen molar-refractivity contribution in [3.63, 3.8) is 0 Å². The highest BCUT2D eigenvalue weighted by Gasteiger charge is 2.29. The van der Waals surface area contributed by atoms with E-state index >= 15 is 0 Å². The van der Waals surface area contributed by atoms with Crippen molar-refractivity contribution in [2.75, 3.05) is 13.1 Å². The Morgan fingerprint density at radius 1 is 1.09 bits per heavy atom. The smallest absolute Gasteiger partial charge is 0.416 e. The number of benzene rings is 2. The number of hydrogen-bond acceptors (Lipinski definition) is 4. The molecule has 0 aliphatic heterocycles. The predicted molar refractivity (Wildman–Crippen MR) is 129 cm³/mol. The Bertz CT molecular complexity index is 1120. The Labute approximate surface area is 201 Å². The summed E-state index contributed by atoms with van der Waals surface area (Å²) in [7, 11) is 0. The topological polar surface area (TPSA) is 62.2 Å². The van der Waals surface area contributed by atoms with Gasteiger partial charge in [0, 0.05) is 0 Å². The molecule has 4 nitrogen and oxygen atoms in total. The van der Waals surface area contributed by atoms with E-state index in [-0.39, 0.29) is 5.69 Å². The van der Waals surface area contributed by atoms with Crippen LogP contribution in [-0.2, 0) is 12.6 Å². The van der Waals surface area contributed by atoms with Gasteiger partial charge in [0.1, 0.15) is 0 Å². The maximum atomic E-state index is 12.3. The monoisotopic (exact) mass is 490 g/mol. The maximum Gasteiger partial charge on any atom is 0.416 e. The number of halogens is 3. The normalized spacial score (nSPS) is 13.4. The molecule has 1 aromatic heterocycles. The van der Waals surface area contributed by atoms with E-state index in [4.69, 9.17) is 5.11 Å². The van der Waals surface area contributed by atoms with Gasteiger partial charge in [-0.2, -0.15) is 13.2 Å². The van der Waals surface area contributed by atoms with Crippen molar-refractivity contribution in [1.29, 1.82) is 0 Å². The van der Waals surface area contributed by atoms with E-state index in [1.165, 1.54) is 29.7 Å². The average molecular weight is 491 g/mol. The fourth-order valence-electron chi connectivity index (χ4n) is 3.37. The number of carboxylic acid groups (broad SMARTS) is 1. The zero-order valence-electron chi connectivity index (χ0n) is 19.5. The van der Waals surface area contributed by atoms with Crippen LogP contribution < -0.4 is 5.32 Å². The average Bonchev–Trinajstić information content (AvgIpc) is 3.52. The number of alkyl halides is 3. The van der Waals surface area contributed by atoms with Crippen LogP contribution in [0.4, 0.5) is 13.2 Å². The molecule has 182 valence electrons. The second kappa shape index (κ2) is 11.1. The largest absolute Gasteiger partial charge is 0.476 e. The molecule has 2 N–H and O–H groups in total. The third kappa shape index (κ3) is 7.40. The molecule has 8 heteroatoms. The highest BCUT2D eigenvalue weighted by molar-refractivity contribution is 7.15. The van der Waals surface area contributed by atoms with Crippen LogP contribution in [0.2, 0.25) is 0 Å². The van der Waals surface area contributed by atoms with E-state index in [0.717, 1.165) is 64.1 Å². The minimum absolute atomic E-state index is 0.149. The summed E-state index contributed by atoms with van der Waals surface area (Å²) in [6.45, 7) is 7.76. The molecular weight excluding hydrogens is 461 g/mol. The standard InChI is InChI=1S/C13H16F3N.C13H13NO2S/c14-13(15,16)12-5-3-10(4-6-12)7-8-17-9-11-1-2-11;1-7-4-5-10(6-8(7)2)12-11(13(15)16)14-9(3)17-12/h3-6,11,17H,1-2,7-9H2;4-6H,1-3H3,(H,15,16). The second-order valence-electron chi connectivity index (χ2n) is 8.61. The molecule has 0 amide bonds. The van der Waals surface area contributed by atoms with Crippen LogP contribution in [-0.4, -0.2) is 29.1 Å². The third-order valence-corrected chi connectivity index (χ3v) is 6.73. The van der Waals surface area contributed by atoms with Crippen LogP contribution in [0.3, 0.4) is 0 Å². The Hall–Kier alpha value is -2.71. The third-order valence-electron chi connectivity index (χ3n) is 5.71. The Kier molecular flexibility index (Phi) is 8.49. The molecule has 1 fully saturated rings. The maximum absolute atomic E-state index is 12.3. The van der Waals surface area contributed by atoms with Gasteiger partial charge in [-0.15, -0.1) is 11.3 Å². The van der Waals surface area contributed by atoms with Crippen LogP contribution in [0.5, 0.6) is 0 Å². The van der Waals surface area contributed by atoms with Gasteiger partial charge in [0.25, 0.3) is 0 Å². The summed E-state index contributed by atoms with van der Waals surface area (Å²) >= 11 is 1.42. The number of carbonyl (C=O) groups is 1. The number of aromatic nitrogens is 1. The number of nitrogens with zero attached hydrogens (tertiary/aromatic N) is 1. The summed E-state index contributed by atoms with van der Waals surface area (Å²) in [5, 5.41) is 13.2. The van der Waals surface area contributed by atoms with Gasteiger partial charge in [-0.3, -0.25) is 0 Å². The number of nitrogens with one attached hydrogen (secondary N) is 1. The molecule has 34 heavy (non-hydrogen) atoms. The van der Waals surface area contributed by atoms with E-state index in [1.807, 2.05) is 39.0 Å². The predicted octanol–water partition coefficient (Wildman–Crippen LogP) is 6.68. The van der Waals surface area contributed by atoms with Crippen molar-refractivity contribution < 1.29 is 23.1 Å². The van der Waals surface area contributed by atoms with Crippen molar-refractivity contribution in [2.45, 2.75) is 46.2 Å². The molecule has 4 rings (SSSR count). The Morgan fingerprint density at radius 2 is 1.76 bits per heavy atom.